The second-order valence-corrected chi connectivity index (χ2v) is 8.78. The number of aromatic amines is 1. The molecule has 5 aromatic rings. The van der Waals surface area contributed by atoms with Gasteiger partial charge < -0.3 is 10.1 Å². The zero-order valence-electron chi connectivity index (χ0n) is 19.4. The minimum Gasteiger partial charge on any atom is -0.481 e. The SMILES string of the molecule is Cc1cccc2[nH]cc(C(C)n3c(=O)n(C(CC(=O)O)c4ccccc4)c4cc(C#N)ccc43)c12. The highest BCUT2D eigenvalue weighted by atomic mass is 16.4. The van der Waals surface area contributed by atoms with Gasteiger partial charge in [-0.3, -0.25) is 13.9 Å². The van der Waals surface area contributed by atoms with Crippen LogP contribution in [0.2, 0.25) is 0 Å². The average molecular weight is 465 g/mol. The minimum atomic E-state index is -1.01. The first-order valence-corrected chi connectivity index (χ1v) is 11.4. The Balaban J connectivity index is 1.80. The van der Waals surface area contributed by atoms with E-state index in [9.17, 15) is 20.0 Å². The lowest BCUT2D eigenvalue weighted by atomic mass is 10.0. The van der Waals surface area contributed by atoms with E-state index >= 15 is 0 Å². The fourth-order valence-electron chi connectivity index (χ4n) is 5.05. The molecule has 2 atom stereocenters. The third-order valence-corrected chi connectivity index (χ3v) is 6.68. The van der Waals surface area contributed by atoms with E-state index in [0.717, 1.165) is 22.0 Å². The van der Waals surface area contributed by atoms with E-state index < -0.39 is 12.0 Å². The van der Waals surface area contributed by atoms with Crippen molar-refractivity contribution in [2.75, 3.05) is 0 Å². The van der Waals surface area contributed by atoms with E-state index in [2.05, 4.69) is 11.1 Å². The first-order valence-electron chi connectivity index (χ1n) is 11.4. The van der Waals surface area contributed by atoms with Crippen LogP contribution in [0.15, 0.2) is 77.7 Å². The van der Waals surface area contributed by atoms with Crippen molar-refractivity contribution in [3.8, 4) is 6.07 Å². The van der Waals surface area contributed by atoms with Crippen LogP contribution in [-0.4, -0.2) is 25.2 Å². The van der Waals surface area contributed by atoms with E-state index in [1.54, 1.807) is 22.8 Å². The van der Waals surface area contributed by atoms with Crippen LogP contribution in [0.4, 0.5) is 0 Å². The fraction of sp³-hybridized carbons (Fsp3) is 0.179. The highest BCUT2D eigenvalue weighted by Crippen LogP contribution is 2.33. The highest BCUT2D eigenvalue weighted by Gasteiger charge is 2.27. The number of nitriles is 1. The highest BCUT2D eigenvalue weighted by molar-refractivity contribution is 5.87. The van der Waals surface area contributed by atoms with E-state index in [-0.39, 0.29) is 18.2 Å². The second-order valence-electron chi connectivity index (χ2n) is 8.78. The molecule has 2 unspecified atom stereocenters. The van der Waals surface area contributed by atoms with Crippen molar-refractivity contribution in [2.45, 2.75) is 32.4 Å². The molecule has 0 aliphatic heterocycles. The summed E-state index contributed by atoms with van der Waals surface area (Å²) >= 11 is 0. The zero-order chi connectivity index (χ0) is 24.7. The molecule has 7 nitrogen and oxygen atoms in total. The summed E-state index contributed by atoms with van der Waals surface area (Å²) in [6, 6.07) is 21.4. The Bertz CT molecular complexity index is 1670. The predicted molar refractivity (Wildman–Crippen MR) is 135 cm³/mol. The topological polar surface area (TPSA) is 104 Å². The van der Waals surface area contributed by atoms with E-state index in [4.69, 9.17) is 0 Å². The molecule has 7 heteroatoms. The maximum absolute atomic E-state index is 14.1. The number of hydrogen-bond acceptors (Lipinski definition) is 3. The monoisotopic (exact) mass is 464 g/mol. The molecule has 0 aliphatic carbocycles. The standard InChI is InChI=1S/C28H24N4O3/c1-17-7-6-10-22-27(17)21(16-30-22)18(2)31-23-12-11-19(15-29)13-25(23)32(28(31)35)24(14-26(33)34)20-8-4-3-5-9-20/h3-13,16,18,24,30H,14H2,1-2H3,(H,33,34). The Hall–Kier alpha value is -4.57. The van der Waals surface area contributed by atoms with Gasteiger partial charge in [0.15, 0.2) is 0 Å². The number of benzene rings is 3. The average Bonchev–Trinajstić information content (AvgIpc) is 3.42. The summed E-state index contributed by atoms with van der Waals surface area (Å²) in [6.45, 7) is 4.00. The molecule has 0 saturated heterocycles. The van der Waals surface area contributed by atoms with Gasteiger partial charge >= 0.3 is 11.7 Å². The molecule has 0 fully saturated rings. The first-order chi connectivity index (χ1) is 16.9. The summed E-state index contributed by atoms with van der Waals surface area (Å²) in [4.78, 5) is 29.2. The Morgan fingerprint density at radius 3 is 2.54 bits per heavy atom. The van der Waals surface area contributed by atoms with Gasteiger partial charge in [-0.25, -0.2) is 4.79 Å². The van der Waals surface area contributed by atoms with Crippen LogP contribution in [0.3, 0.4) is 0 Å². The Morgan fingerprint density at radius 1 is 1.06 bits per heavy atom. The number of aliphatic carboxylic acids is 1. The van der Waals surface area contributed by atoms with Crippen LogP contribution in [0, 0.1) is 18.3 Å². The number of fused-ring (bicyclic) bond motifs is 2. The molecule has 0 amide bonds. The number of aryl methyl sites for hydroxylation is 1. The molecule has 0 radical (unpaired) electrons. The molecular formula is C28H24N4O3. The van der Waals surface area contributed by atoms with Crippen molar-refractivity contribution < 1.29 is 9.90 Å². The molecule has 2 aromatic heterocycles. The van der Waals surface area contributed by atoms with E-state index in [0.29, 0.717) is 22.2 Å². The van der Waals surface area contributed by atoms with Gasteiger partial charge in [-0.1, -0.05) is 42.5 Å². The van der Waals surface area contributed by atoms with Gasteiger partial charge in [0, 0.05) is 22.7 Å². The number of rotatable bonds is 6. The predicted octanol–water partition coefficient (Wildman–Crippen LogP) is 5.14. The normalized spacial score (nSPS) is 13.1. The molecule has 0 aliphatic rings. The van der Waals surface area contributed by atoms with Crippen molar-refractivity contribution in [1.82, 2.24) is 14.1 Å². The lowest BCUT2D eigenvalue weighted by Gasteiger charge is -2.18. The molecule has 174 valence electrons. The number of carbonyl (C=O) groups is 1. The van der Waals surface area contributed by atoms with Crippen molar-refractivity contribution in [1.29, 1.82) is 5.26 Å². The summed E-state index contributed by atoms with van der Waals surface area (Å²) in [6.07, 6.45) is 1.66. The maximum atomic E-state index is 14.1. The number of imidazole rings is 1. The lowest BCUT2D eigenvalue weighted by Crippen LogP contribution is -2.31. The summed E-state index contributed by atoms with van der Waals surface area (Å²) in [5.74, 6) is -1.01. The van der Waals surface area contributed by atoms with Crippen LogP contribution in [0.1, 0.15) is 47.7 Å². The summed E-state index contributed by atoms with van der Waals surface area (Å²) < 4.78 is 3.22. The van der Waals surface area contributed by atoms with Crippen LogP contribution >= 0.6 is 0 Å². The Labute approximate surface area is 201 Å². The largest absolute Gasteiger partial charge is 0.481 e. The Kier molecular flexibility index (Phi) is 5.50. The smallest absolute Gasteiger partial charge is 0.330 e. The number of carboxylic acids is 1. The quantitative estimate of drug-likeness (QED) is 0.363. The molecule has 5 rings (SSSR count). The fourth-order valence-corrected chi connectivity index (χ4v) is 5.05. The van der Waals surface area contributed by atoms with Gasteiger partial charge in [0.1, 0.15) is 0 Å². The van der Waals surface area contributed by atoms with Crippen molar-refractivity contribution in [2.24, 2.45) is 0 Å². The number of aromatic nitrogens is 3. The molecule has 0 bridgehead atoms. The van der Waals surface area contributed by atoms with Crippen molar-refractivity contribution >= 4 is 27.9 Å². The molecule has 0 saturated carbocycles. The number of nitrogens with zero attached hydrogens (tertiary/aromatic N) is 3. The number of carboxylic acid groups (broad SMARTS) is 1. The van der Waals surface area contributed by atoms with Crippen LogP contribution in [0.25, 0.3) is 21.9 Å². The van der Waals surface area contributed by atoms with Crippen LogP contribution in [0.5, 0.6) is 0 Å². The van der Waals surface area contributed by atoms with Gasteiger partial charge in [-0.2, -0.15) is 5.26 Å². The van der Waals surface area contributed by atoms with Gasteiger partial charge in [-0.15, -0.1) is 0 Å². The molecule has 2 heterocycles. The van der Waals surface area contributed by atoms with Gasteiger partial charge in [0.05, 0.1) is 41.2 Å². The van der Waals surface area contributed by atoms with E-state index in [1.165, 1.54) is 4.57 Å². The maximum Gasteiger partial charge on any atom is 0.330 e. The Morgan fingerprint density at radius 2 is 1.83 bits per heavy atom. The summed E-state index contributed by atoms with van der Waals surface area (Å²) in [5.41, 5.74) is 5.04. The minimum absolute atomic E-state index is 0.264. The van der Waals surface area contributed by atoms with Crippen molar-refractivity contribution in [3.63, 3.8) is 0 Å². The van der Waals surface area contributed by atoms with Crippen molar-refractivity contribution in [3.05, 3.63) is 106 Å². The summed E-state index contributed by atoms with van der Waals surface area (Å²) in [7, 11) is 0. The molecule has 2 N–H and O–H groups in total. The third kappa shape index (κ3) is 3.69. The number of H-pyrrole nitrogens is 1. The van der Waals surface area contributed by atoms with E-state index in [1.807, 2.05) is 68.6 Å². The van der Waals surface area contributed by atoms with Crippen LogP contribution in [-0.2, 0) is 4.79 Å². The van der Waals surface area contributed by atoms with Gasteiger partial charge in [0.25, 0.3) is 0 Å². The lowest BCUT2D eigenvalue weighted by molar-refractivity contribution is -0.137. The third-order valence-electron chi connectivity index (χ3n) is 6.68. The number of hydrogen-bond donors (Lipinski definition) is 2. The van der Waals surface area contributed by atoms with Crippen LogP contribution < -0.4 is 5.69 Å². The second kappa shape index (κ2) is 8.65. The van der Waals surface area contributed by atoms with Gasteiger partial charge in [0.2, 0.25) is 0 Å². The summed E-state index contributed by atoms with van der Waals surface area (Å²) in [5, 5.41) is 20.3. The molecular weight excluding hydrogens is 440 g/mol. The number of nitrogens with one attached hydrogen (secondary N) is 1. The molecule has 35 heavy (non-hydrogen) atoms. The van der Waals surface area contributed by atoms with Gasteiger partial charge in [-0.05, 0) is 49.2 Å². The molecule has 0 spiro atoms. The first kappa shape index (κ1) is 22.2. The zero-order valence-corrected chi connectivity index (χ0v) is 19.4. The molecule has 3 aromatic carbocycles.